The van der Waals surface area contributed by atoms with E-state index in [2.05, 4.69) is 0 Å². The summed E-state index contributed by atoms with van der Waals surface area (Å²) >= 11 is 0. The first-order chi connectivity index (χ1) is 11.0. The number of amides is 1. The number of ether oxygens (including phenoxy) is 1. The molecule has 0 saturated carbocycles. The number of nitrogens with zero attached hydrogens (tertiary/aromatic N) is 1. The maximum atomic E-state index is 12.7. The van der Waals surface area contributed by atoms with E-state index in [1.165, 1.54) is 4.90 Å². The predicted octanol–water partition coefficient (Wildman–Crippen LogP) is 2.45. The minimum atomic E-state index is -0.974. The number of rotatable bonds is 6. The summed E-state index contributed by atoms with van der Waals surface area (Å²) in [6.07, 6.45) is 3.91. The minimum absolute atomic E-state index is 0.0927. The lowest BCUT2D eigenvalue weighted by Gasteiger charge is -2.29. The van der Waals surface area contributed by atoms with Gasteiger partial charge in [0, 0.05) is 13.0 Å². The van der Waals surface area contributed by atoms with E-state index in [0.29, 0.717) is 19.1 Å². The first kappa shape index (κ1) is 16.0. The third kappa shape index (κ3) is 3.55. The van der Waals surface area contributed by atoms with Crippen molar-refractivity contribution in [2.24, 2.45) is 5.92 Å². The Morgan fingerprint density at radius 1 is 1.30 bits per heavy atom. The van der Waals surface area contributed by atoms with Gasteiger partial charge in [0.2, 0.25) is 5.91 Å². The number of carboxylic acids is 1. The quantitative estimate of drug-likeness (QED) is 0.875. The van der Waals surface area contributed by atoms with Crippen LogP contribution in [0.4, 0.5) is 0 Å². The fourth-order valence-electron chi connectivity index (χ4n) is 3.65. The monoisotopic (exact) mass is 317 g/mol. The summed E-state index contributed by atoms with van der Waals surface area (Å²) in [5.41, 5.74) is 0.943. The van der Waals surface area contributed by atoms with Crippen molar-refractivity contribution in [2.45, 2.75) is 57.4 Å². The Morgan fingerprint density at radius 3 is 2.61 bits per heavy atom. The van der Waals surface area contributed by atoms with E-state index in [9.17, 15) is 14.7 Å². The topological polar surface area (TPSA) is 66.8 Å². The Hall–Kier alpha value is -1.88. The van der Waals surface area contributed by atoms with E-state index >= 15 is 0 Å². The molecule has 2 aliphatic rings. The van der Waals surface area contributed by atoms with Crippen molar-refractivity contribution < 1.29 is 19.4 Å². The molecule has 4 unspecified atom stereocenters. The van der Waals surface area contributed by atoms with Gasteiger partial charge >= 0.3 is 5.97 Å². The molecule has 0 aromatic heterocycles. The smallest absolute Gasteiger partial charge is 0.326 e. The van der Waals surface area contributed by atoms with E-state index in [-0.39, 0.29) is 17.9 Å². The third-order valence-electron chi connectivity index (χ3n) is 5.01. The van der Waals surface area contributed by atoms with Gasteiger partial charge in [-0.2, -0.15) is 0 Å². The second-order valence-electron chi connectivity index (χ2n) is 6.60. The summed E-state index contributed by atoms with van der Waals surface area (Å²) < 4.78 is 5.80. The van der Waals surface area contributed by atoms with Crippen LogP contribution in [-0.4, -0.2) is 40.1 Å². The number of carbonyl (C=O) groups is 2. The van der Waals surface area contributed by atoms with Crippen molar-refractivity contribution in [2.75, 3.05) is 0 Å². The molecule has 0 aliphatic carbocycles. The molecule has 1 N–H and O–H groups in total. The second-order valence-corrected chi connectivity index (χ2v) is 6.60. The van der Waals surface area contributed by atoms with Gasteiger partial charge in [-0.05, 0) is 37.7 Å². The number of benzene rings is 1. The first-order valence-corrected chi connectivity index (χ1v) is 8.26. The molecule has 23 heavy (non-hydrogen) atoms. The summed E-state index contributed by atoms with van der Waals surface area (Å²) in [6.45, 7) is 1.90. The van der Waals surface area contributed by atoms with Crippen LogP contribution in [0.5, 0.6) is 0 Å². The van der Waals surface area contributed by atoms with Crippen LogP contribution in [0.15, 0.2) is 30.3 Å². The van der Waals surface area contributed by atoms with Crippen LogP contribution in [0.25, 0.3) is 0 Å². The normalized spacial score (nSPS) is 26.9. The Labute approximate surface area is 136 Å². The lowest BCUT2D eigenvalue weighted by molar-refractivity contribution is -0.150. The lowest BCUT2D eigenvalue weighted by atomic mass is 9.86. The van der Waals surface area contributed by atoms with Crippen LogP contribution in [0.1, 0.15) is 38.2 Å². The maximum absolute atomic E-state index is 12.7. The van der Waals surface area contributed by atoms with E-state index in [4.69, 9.17) is 4.74 Å². The third-order valence-corrected chi connectivity index (χ3v) is 5.01. The minimum Gasteiger partial charge on any atom is -0.480 e. The summed E-state index contributed by atoms with van der Waals surface area (Å²) in [5, 5.41) is 9.33. The Bertz CT molecular complexity index is 574. The number of aliphatic carboxylic acids is 1. The zero-order valence-electron chi connectivity index (χ0n) is 13.4. The van der Waals surface area contributed by atoms with Crippen LogP contribution in [0, 0.1) is 5.92 Å². The van der Waals surface area contributed by atoms with Crippen molar-refractivity contribution in [3.63, 3.8) is 0 Å². The zero-order chi connectivity index (χ0) is 16.4. The number of carbonyl (C=O) groups excluding carboxylic acids is 1. The van der Waals surface area contributed by atoms with Crippen LogP contribution < -0.4 is 0 Å². The molecule has 0 radical (unpaired) electrons. The maximum Gasteiger partial charge on any atom is 0.326 e. The van der Waals surface area contributed by atoms with E-state index in [0.717, 1.165) is 24.8 Å². The molecule has 2 bridgehead atoms. The Morgan fingerprint density at radius 2 is 2.04 bits per heavy atom. The highest BCUT2D eigenvalue weighted by Crippen LogP contribution is 2.40. The van der Waals surface area contributed by atoms with Gasteiger partial charge in [0.05, 0.1) is 12.2 Å². The Kier molecular flexibility index (Phi) is 4.66. The molecule has 4 atom stereocenters. The molecular formula is C18H23NO4. The predicted molar refractivity (Wildman–Crippen MR) is 84.7 cm³/mol. The molecule has 1 aromatic rings. The summed E-state index contributed by atoms with van der Waals surface area (Å²) in [6, 6.07) is 8.69. The average molecular weight is 317 g/mol. The van der Waals surface area contributed by atoms with E-state index in [1.807, 2.05) is 30.3 Å². The molecule has 5 nitrogen and oxygen atoms in total. The van der Waals surface area contributed by atoms with Gasteiger partial charge in [-0.1, -0.05) is 30.3 Å². The average Bonchev–Trinajstić information content (AvgIpc) is 3.15. The van der Waals surface area contributed by atoms with Gasteiger partial charge in [0.15, 0.2) is 0 Å². The molecular weight excluding hydrogens is 294 g/mol. The van der Waals surface area contributed by atoms with Crippen molar-refractivity contribution in [3.8, 4) is 0 Å². The van der Waals surface area contributed by atoms with Crippen LogP contribution in [0.3, 0.4) is 0 Å². The molecule has 1 aromatic carbocycles. The molecule has 2 saturated heterocycles. The van der Waals surface area contributed by atoms with E-state index < -0.39 is 12.0 Å². The summed E-state index contributed by atoms with van der Waals surface area (Å²) in [7, 11) is 0. The highest BCUT2D eigenvalue weighted by Gasteiger charge is 2.42. The molecule has 124 valence electrons. The standard InChI is InChI=1S/C18H23NO4/c1-12(18(21)22)19(11-13-5-3-2-4-6-13)17(20)10-14-9-15-7-8-16(14)23-15/h2-6,12,14-16H,7-11H2,1H3,(H,21,22). The fraction of sp³-hybridized carbons (Fsp3) is 0.556. The van der Waals surface area contributed by atoms with Crippen molar-refractivity contribution in [1.29, 1.82) is 0 Å². The van der Waals surface area contributed by atoms with Gasteiger partial charge in [-0.3, -0.25) is 4.79 Å². The van der Waals surface area contributed by atoms with Gasteiger partial charge in [0.1, 0.15) is 6.04 Å². The van der Waals surface area contributed by atoms with Crippen LogP contribution in [-0.2, 0) is 20.9 Å². The van der Waals surface area contributed by atoms with Crippen molar-refractivity contribution in [1.82, 2.24) is 4.90 Å². The fourth-order valence-corrected chi connectivity index (χ4v) is 3.65. The number of carboxylic acid groups (broad SMARTS) is 1. The first-order valence-electron chi connectivity index (χ1n) is 8.26. The van der Waals surface area contributed by atoms with Gasteiger partial charge < -0.3 is 14.7 Å². The van der Waals surface area contributed by atoms with Crippen molar-refractivity contribution >= 4 is 11.9 Å². The number of hydrogen-bond donors (Lipinski definition) is 1. The number of fused-ring (bicyclic) bond motifs is 2. The molecule has 2 heterocycles. The SMILES string of the molecule is CC(C(=O)O)N(Cc1ccccc1)C(=O)CC1CC2CCC1O2. The number of hydrogen-bond acceptors (Lipinski definition) is 3. The van der Waals surface area contributed by atoms with Crippen LogP contribution >= 0.6 is 0 Å². The molecule has 3 rings (SSSR count). The van der Waals surface area contributed by atoms with E-state index in [1.54, 1.807) is 6.92 Å². The largest absolute Gasteiger partial charge is 0.480 e. The summed E-state index contributed by atoms with van der Waals surface area (Å²) in [4.78, 5) is 25.6. The van der Waals surface area contributed by atoms with Crippen molar-refractivity contribution in [3.05, 3.63) is 35.9 Å². The molecule has 2 fully saturated rings. The molecule has 5 heteroatoms. The molecule has 0 spiro atoms. The Balaban J connectivity index is 1.69. The lowest BCUT2D eigenvalue weighted by Crippen LogP contribution is -2.43. The highest BCUT2D eigenvalue weighted by atomic mass is 16.5. The van der Waals surface area contributed by atoms with Gasteiger partial charge in [-0.25, -0.2) is 4.79 Å². The van der Waals surface area contributed by atoms with Crippen LogP contribution in [0.2, 0.25) is 0 Å². The molecule has 2 aliphatic heterocycles. The second kappa shape index (κ2) is 6.71. The summed E-state index contributed by atoms with van der Waals surface area (Å²) in [5.74, 6) is -0.830. The zero-order valence-corrected chi connectivity index (χ0v) is 13.4. The highest BCUT2D eigenvalue weighted by molar-refractivity contribution is 5.83. The van der Waals surface area contributed by atoms with Gasteiger partial charge in [0.25, 0.3) is 0 Å². The van der Waals surface area contributed by atoms with Gasteiger partial charge in [-0.15, -0.1) is 0 Å². The molecule has 1 amide bonds.